The molecule has 9 nitrogen and oxygen atoms in total. The molecule has 0 aliphatic carbocycles. The first kappa shape index (κ1) is 20.4. The lowest BCUT2D eigenvalue weighted by atomic mass is 10.1. The normalized spacial score (nSPS) is 43.5. The molecule has 4 heterocycles. The zero-order chi connectivity index (χ0) is 19.1. The molecule has 0 amide bonds. The molecule has 0 radical (unpaired) electrons. The highest BCUT2D eigenvalue weighted by atomic mass is 16.8. The molecule has 0 saturated carbocycles. The summed E-state index contributed by atoms with van der Waals surface area (Å²) in [6.07, 6.45) is -0.875. The number of fused-ring (bicyclic) bond motifs is 2. The fourth-order valence-electron chi connectivity index (χ4n) is 3.60. The van der Waals surface area contributed by atoms with E-state index in [1.807, 2.05) is 27.7 Å². The highest BCUT2D eigenvalue weighted by Crippen LogP contribution is 2.38. The van der Waals surface area contributed by atoms with Gasteiger partial charge in [0.05, 0.1) is 25.4 Å². The minimum Gasteiger partial charge on any atom is -0.394 e. The van der Waals surface area contributed by atoms with Crippen LogP contribution in [0.3, 0.4) is 0 Å². The average Bonchev–Trinajstić information content (AvgIpc) is 3.22. The van der Waals surface area contributed by atoms with Crippen LogP contribution in [0.25, 0.3) is 0 Å². The van der Waals surface area contributed by atoms with E-state index in [1.165, 1.54) is 0 Å². The minimum absolute atomic E-state index is 0.00264. The Bertz CT molecular complexity index is 451. The summed E-state index contributed by atoms with van der Waals surface area (Å²) in [6, 6.07) is 0. The number of rotatable bonds is 3. The molecule has 3 N–H and O–H groups in total. The summed E-state index contributed by atoms with van der Waals surface area (Å²) < 4.78 is 32.8. The fraction of sp³-hybridized carbons (Fsp3) is 1.00. The van der Waals surface area contributed by atoms with Crippen LogP contribution in [0.1, 0.15) is 40.5 Å². The molecular weight excluding hydrogens is 348 g/mol. The Morgan fingerprint density at radius 1 is 0.846 bits per heavy atom. The summed E-state index contributed by atoms with van der Waals surface area (Å²) in [5.41, 5.74) is 0. The van der Waals surface area contributed by atoms with Crippen molar-refractivity contribution in [3.05, 3.63) is 0 Å². The predicted molar refractivity (Wildman–Crippen MR) is 86.8 cm³/mol. The van der Waals surface area contributed by atoms with Gasteiger partial charge in [0.2, 0.25) is 0 Å². The van der Waals surface area contributed by atoms with Crippen LogP contribution in [-0.2, 0) is 28.4 Å². The van der Waals surface area contributed by atoms with E-state index in [2.05, 4.69) is 0 Å². The number of aliphatic hydroxyl groups is 3. The molecule has 4 saturated heterocycles. The molecule has 7 unspecified atom stereocenters. The molecule has 0 aromatic rings. The highest BCUT2D eigenvalue weighted by Gasteiger charge is 2.50. The number of hydrogen-bond donors (Lipinski definition) is 3. The lowest BCUT2D eigenvalue weighted by molar-refractivity contribution is -0.215. The summed E-state index contributed by atoms with van der Waals surface area (Å²) in [5, 5.41) is 26.9. The van der Waals surface area contributed by atoms with Crippen molar-refractivity contribution < 1.29 is 43.7 Å². The highest BCUT2D eigenvalue weighted by molar-refractivity contribution is 4.88. The van der Waals surface area contributed by atoms with Crippen molar-refractivity contribution in [2.75, 3.05) is 13.2 Å². The molecule has 4 aliphatic rings. The molecule has 0 aromatic heterocycles. The SMILES string of the molecule is CC1(C)OC2CC(C(O)CO)OC2O1.CC1(C)OC2CC(CO)OC2O1. The summed E-state index contributed by atoms with van der Waals surface area (Å²) in [6.45, 7) is 7.12. The van der Waals surface area contributed by atoms with E-state index >= 15 is 0 Å². The van der Waals surface area contributed by atoms with E-state index in [1.54, 1.807) is 0 Å². The second kappa shape index (κ2) is 7.57. The lowest BCUT2D eigenvalue weighted by Gasteiger charge is -2.22. The molecule has 4 aliphatic heterocycles. The first-order valence-electron chi connectivity index (χ1n) is 9.04. The largest absolute Gasteiger partial charge is 0.394 e. The van der Waals surface area contributed by atoms with Crippen LogP contribution < -0.4 is 0 Å². The monoisotopic (exact) mass is 378 g/mol. The van der Waals surface area contributed by atoms with E-state index in [0.29, 0.717) is 6.42 Å². The van der Waals surface area contributed by atoms with Gasteiger partial charge in [0, 0.05) is 12.8 Å². The average molecular weight is 378 g/mol. The van der Waals surface area contributed by atoms with Crippen molar-refractivity contribution in [1.29, 1.82) is 0 Å². The Labute approximate surface area is 153 Å². The van der Waals surface area contributed by atoms with Crippen molar-refractivity contribution in [2.24, 2.45) is 0 Å². The van der Waals surface area contributed by atoms with Gasteiger partial charge in [0.25, 0.3) is 0 Å². The van der Waals surface area contributed by atoms with Gasteiger partial charge in [-0.2, -0.15) is 0 Å². The first-order chi connectivity index (χ1) is 12.1. The van der Waals surface area contributed by atoms with E-state index in [4.69, 9.17) is 38.6 Å². The second-order valence-electron chi connectivity index (χ2n) is 7.92. The Morgan fingerprint density at radius 2 is 1.38 bits per heavy atom. The quantitative estimate of drug-likeness (QED) is 0.616. The molecule has 0 bridgehead atoms. The van der Waals surface area contributed by atoms with Gasteiger partial charge in [-0.1, -0.05) is 0 Å². The fourth-order valence-corrected chi connectivity index (χ4v) is 3.60. The van der Waals surface area contributed by atoms with E-state index in [9.17, 15) is 5.11 Å². The Kier molecular flexibility index (Phi) is 5.94. The van der Waals surface area contributed by atoms with E-state index in [-0.39, 0.29) is 43.9 Å². The van der Waals surface area contributed by atoms with Crippen LogP contribution in [0.15, 0.2) is 0 Å². The van der Waals surface area contributed by atoms with Crippen molar-refractivity contribution in [3.63, 3.8) is 0 Å². The Hall–Kier alpha value is -0.360. The molecule has 152 valence electrons. The smallest absolute Gasteiger partial charge is 0.187 e. The van der Waals surface area contributed by atoms with Crippen LogP contribution in [0.4, 0.5) is 0 Å². The first-order valence-corrected chi connectivity index (χ1v) is 9.04. The van der Waals surface area contributed by atoms with Crippen LogP contribution in [0, 0.1) is 0 Å². The molecule has 4 fully saturated rings. The zero-order valence-electron chi connectivity index (χ0n) is 15.7. The zero-order valence-corrected chi connectivity index (χ0v) is 15.7. The maximum Gasteiger partial charge on any atom is 0.187 e. The topological polar surface area (TPSA) is 116 Å². The summed E-state index contributed by atoms with van der Waals surface area (Å²) in [4.78, 5) is 0. The van der Waals surface area contributed by atoms with Crippen molar-refractivity contribution >= 4 is 0 Å². The van der Waals surface area contributed by atoms with Crippen molar-refractivity contribution in [1.82, 2.24) is 0 Å². The lowest BCUT2D eigenvalue weighted by Crippen LogP contribution is -2.32. The summed E-state index contributed by atoms with van der Waals surface area (Å²) in [7, 11) is 0. The maximum absolute atomic E-state index is 9.36. The van der Waals surface area contributed by atoms with E-state index in [0.717, 1.165) is 6.42 Å². The molecule has 0 aromatic carbocycles. The number of aliphatic hydroxyl groups excluding tert-OH is 3. The van der Waals surface area contributed by atoms with Gasteiger partial charge in [-0.15, -0.1) is 0 Å². The Balaban J connectivity index is 0.000000152. The van der Waals surface area contributed by atoms with Crippen LogP contribution in [-0.4, -0.2) is 83.2 Å². The van der Waals surface area contributed by atoms with Crippen molar-refractivity contribution in [3.8, 4) is 0 Å². The third-order valence-electron chi connectivity index (χ3n) is 4.69. The third-order valence-corrected chi connectivity index (χ3v) is 4.69. The second-order valence-corrected chi connectivity index (χ2v) is 7.92. The van der Waals surface area contributed by atoms with Gasteiger partial charge in [-0.25, -0.2) is 0 Å². The predicted octanol–water partition coefficient (Wildman–Crippen LogP) is -0.149. The van der Waals surface area contributed by atoms with Crippen LogP contribution >= 0.6 is 0 Å². The third kappa shape index (κ3) is 4.54. The molecule has 26 heavy (non-hydrogen) atoms. The van der Waals surface area contributed by atoms with Gasteiger partial charge in [0.15, 0.2) is 24.2 Å². The van der Waals surface area contributed by atoms with Gasteiger partial charge in [-0.3, -0.25) is 0 Å². The number of hydrogen-bond acceptors (Lipinski definition) is 9. The minimum atomic E-state index is -0.851. The van der Waals surface area contributed by atoms with Crippen LogP contribution in [0.2, 0.25) is 0 Å². The molecule has 0 spiro atoms. The van der Waals surface area contributed by atoms with Gasteiger partial charge in [-0.05, 0) is 27.7 Å². The molecule has 7 atom stereocenters. The van der Waals surface area contributed by atoms with Gasteiger partial charge in [0.1, 0.15) is 18.3 Å². The summed E-state index contributed by atoms with van der Waals surface area (Å²) >= 11 is 0. The van der Waals surface area contributed by atoms with Crippen molar-refractivity contribution in [2.45, 2.75) is 95.2 Å². The Morgan fingerprint density at radius 3 is 1.85 bits per heavy atom. The van der Waals surface area contributed by atoms with Crippen LogP contribution in [0.5, 0.6) is 0 Å². The number of ether oxygens (including phenoxy) is 6. The van der Waals surface area contributed by atoms with Gasteiger partial charge < -0.3 is 43.7 Å². The molecular formula is C17H30O9. The summed E-state index contributed by atoms with van der Waals surface area (Å²) in [5.74, 6) is -1.14. The van der Waals surface area contributed by atoms with Gasteiger partial charge >= 0.3 is 0 Å². The maximum atomic E-state index is 9.36. The molecule has 4 rings (SSSR count). The standard InChI is InChI=1S/C9H16O5.C8H14O4/c1-9(2)13-7-3-6(5(11)4-10)12-8(7)14-9;1-8(2)11-6-3-5(4-9)10-7(6)12-8/h5-8,10-11H,3-4H2,1-2H3;5-7,9H,3-4H2,1-2H3. The van der Waals surface area contributed by atoms with E-state index < -0.39 is 24.0 Å². The molecule has 9 heteroatoms.